The van der Waals surface area contributed by atoms with Crippen molar-refractivity contribution >= 4 is 11.6 Å². The van der Waals surface area contributed by atoms with Crippen LogP contribution in [0.15, 0.2) is 78.9 Å². The standard InChI is InChI=1S/C29H26/c1-23(22-25-13-6-5-7-14-25)28-17-11-10-16-26(28)15-9-8-12-24-18-20-27(21-19-24)29(2,3)4/h5-7,10-11,13-14,16-22H,1-4H3/b23-22+. The van der Waals surface area contributed by atoms with E-state index in [0.717, 1.165) is 16.7 Å². The highest BCUT2D eigenvalue weighted by atomic mass is 14.2. The van der Waals surface area contributed by atoms with E-state index in [-0.39, 0.29) is 5.41 Å². The fourth-order valence-electron chi connectivity index (χ4n) is 3.07. The Kier molecular flexibility index (Phi) is 6.39. The molecule has 0 aromatic heterocycles. The first-order chi connectivity index (χ1) is 13.9. The van der Waals surface area contributed by atoms with Crippen LogP contribution in [0.2, 0.25) is 0 Å². The summed E-state index contributed by atoms with van der Waals surface area (Å²) in [5, 5.41) is 0. The summed E-state index contributed by atoms with van der Waals surface area (Å²) >= 11 is 0. The van der Waals surface area contributed by atoms with E-state index >= 15 is 0 Å². The van der Waals surface area contributed by atoms with Gasteiger partial charge in [-0.2, -0.15) is 0 Å². The minimum absolute atomic E-state index is 0.153. The molecule has 0 aliphatic rings. The molecule has 0 heteroatoms. The summed E-state index contributed by atoms with van der Waals surface area (Å²) in [6, 6.07) is 27.0. The van der Waals surface area contributed by atoms with Gasteiger partial charge in [-0.15, -0.1) is 0 Å². The first-order valence-corrected chi connectivity index (χ1v) is 9.89. The number of allylic oxidation sites excluding steroid dienone is 1. The van der Waals surface area contributed by atoms with Gasteiger partial charge in [0.1, 0.15) is 0 Å². The van der Waals surface area contributed by atoms with E-state index in [1.807, 2.05) is 24.3 Å². The third kappa shape index (κ3) is 5.75. The molecule has 0 nitrogen and oxygen atoms in total. The monoisotopic (exact) mass is 374 g/mol. The Bertz CT molecular complexity index is 1110. The summed E-state index contributed by atoms with van der Waals surface area (Å²) in [5.74, 6) is 12.4. The van der Waals surface area contributed by atoms with Crippen LogP contribution in [0, 0.1) is 23.7 Å². The summed E-state index contributed by atoms with van der Waals surface area (Å²) < 4.78 is 0. The van der Waals surface area contributed by atoms with Crippen LogP contribution in [0.5, 0.6) is 0 Å². The van der Waals surface area contributed by atoms with Gasteiger partial charge in [-0.25, -0.2) is 0 Å². The van der Waals surface area contributed by atoms with Crippen molar-refractivity contribution in [1.82, 2.24) is 0 Å². The minimum Gasteiger partial charge on any atom is -0.0622 e. The topological polar surface area (TPSA) is 0 Å². The lowest BCUT2D eigenvalue weighted by atomic mass is 9.87. The number of rotatable bonds is 2. The zero-order chi connectivity index (χ0) is 20.7. The first kappa shape index (κ1) is 20.3. The van der Waals surface area contributed by atoms with Crippen LogP contribution in [0.1, 0.15) is 55.5 Å². The van der Waals surface area contributed by atoms with E-state index in [9.17, 15) is 0 Å². The Morgan fingerprint density at radius 1 is 0.724 bits per heavy atom. The van der Waals surface area contributed by atoms with Crippen molar-refractivity contribution in [2.75, 3.05) is 0 Å². The SMILES string of the molecule is C/C(=C\c1ccccc1)c1ccccc1C#CC#Cc1ccc(C(C)(C)C)cc1. The molecule has 0 unspecified atom stereocenters. The van der Waals surface area contributed by atoms with Crippen molar-refractivity contribution in [3.05, 3.63) is 107 Å². The summed E-state index contributed by atoms with van der Waals surface area (Å²) in [6.07, 6.45) is 2.18. The third-order valence-electron chi connectivity index (χ3n) is 4.75. The van der Waals surface area contributed by atoms with Gasteiger partial charge in [-0.1, -0.05) is 99.4 Å². The van der Waals surface area contributed by atoms with E-state index in [1.54, 1.807) is 0 Å². The Labute approximate surface area is 175 Å². The summed E-state index contributed by atoms with van der Waals surface area (Å²) in [4.78, 5) is 0. The second-order valence-corrected chi connectivity index (χ2v) is 8.11. The average molecular weight is 375 g/mol. The molecule has 0 N–H and O–H groups in total. The van der Waals surface area contributed by atoms with E-state index in [1.165, 1.54) is 16.7 Å². The van der Waals surface area contributed by atoms with Crippen LogP contribution >= 0.6 is 0 Å². The fraction of sp³-hybridized carbons (Fsp3) is 0.172. The summed E-state index contributed by atoms with van der Waals surface area (Å²) in [6.45, 7) is 8.76. The Balaban J connectivity index is 1.81. The molecule has 0 heterocycles. The van der Waals surface area contributed by atoms with Crippen molar-refractivity contribution in [1.29, 1.82) is 0 Å². The van der Waals surface area contributed by atoms with Crippen molar-refractivity contribution < 1.29 is 0 Å². The largest absolute Gasteiger partial charge is 0.0622 e. The second kappa shape index (κ2) is 9.14. The first-order valence-electron chi connectivity index (χ1n) is 9.89. The van der Waals surface area contributed by atoms with Crippen molar-refractivity contribution in [2.24, 2.45) is 0 Å². The van der Waals surface area contributed by atoms with Crippen LogP contribution in [-0.2, 0) is 5.41 Å². The minimum atomic E-state index is 0.153. The second-order valence-electron chi connectivity index (χ2n) is 8.11. The molecule has 0 saturated heterocycles. The van der Waals surface area contributed by atoms with E-state index in [0.29, 0.717) is 0 Å². The lowest BCUT2D eigenvalue weighted by molar-refractivity contribution is 0.590. The Morgan fingerprint density at radius 2 is 1.34 bits per heavy atom. The van der Waals surface area contributed by atoms with Gasteiger partial charge in [0.25, 0.3) is 0 Å². The molecule has 0 spiro atoms. The predicted octanol–water partition coefficient (Wildman–Crippen LogP) is 6.95. The fourth-order valence-corrected chi connectivity index (χ4v) is 3.07. The lowest BCUT2D eigenvalue weighted by Crippen LogP contribution is -2.10. The van der Waals surface area contributed by atoms with Gasteiger partial charge in [0.15, 0.2) is 0 Å². The highest BCUT2D eigenvalue weighted by molar-refractivity contribution is 5.82. The summed E-state index contributed by atoms with van der Waals surface area (Å²) in [5.41, 5.74) is 6.96. The van der Waals surface area contributed by atoms with Gasteiger partial charge in [0.2, 0.25) is 0 Å². The van der Waals surface area contributed by atoms with Gasteiger partial charge in [-0.05, 0) is 64.6 Å². The molecule has 0 fully saturated rings. The molecule has 0 atom stereocenters. The number of hydrogen-bond acceptors (Lipinski definition) is 0. The van der Waals surface area contributed by atoms with Crippen molar-refractivity contribution in [3.8, 4) is 23.7 Å². The molecule has 0 aliphatic carbocycles. The maximum atomic E-state index is 3.22. The lowest BCUT2D eigenvalue weighted by Gasteiger charge is -2.18. The van der Waals surface area contributed by atoms with E-state index in [4.69, 9.17) is 0 Å². The van der Waals surface area contributed by atoms with E-state index < -0.39 is 0 Å². The molecule has 3 rings (SSSR count). The van der Waals surface area contributed by atoms with Gasteiger partial charge >= 0.3 is 0 Å². The molecule has 0 saturated carbocycles. The van der Waals surface area contributed by atoms with Crippen LogP contribution in [-0.4, -0.2) is 0 Å². The Morgan fingerprint density at radius 3 is 2.03 bits per heavy atom. The maximum Gasteiger partial charge on any atom is 0.0330 e. The molecule has 0 amide bonds. The molecule has 3 aromatic carbocycles. The number of benzene rings is 3. The van der Waals surface area contributed by atoms with Crippen molar-refractivity contribution in [3.63, 3.8) is 0 Å². The summed E-state index contributed by atoms with van der Waals surface area (Å²) in [7, 11) is 0. The predicted molar refractivity (Wildman–Crippen MR) is 125 cm³/mol. The zero-order valence-electron chi connectivity index (χ0n) is 17.6. The van der Waals surface area contributed by atoms with Crippen molar-refractivity contribution in [2.45, 2.75) is 33.1 Å². The van der Waals surface area contributed by atoms with Crippen LogP contribution in [0.25, 0.3) is 11.6 Å². The maximum absolute atomic E-state index is 3.22. The van der Waals surface area contributed by atoms with E-state index in [2.05, 4.69) is 112 Å². The Hall–Kier alpha value is -3.48. The molecule has 0 bridgehead atoms. The average Bonchev–Trinajstić information content (AvgIpc) is 2.72. The van der Waals surface area contributed by atoms with Crippen LogP contribution < -0.4 is 0 Å². The normalized spacial score (nSPS) is 11.1. The van der Waals surface area contributed by atoms with Crippen LogP contribution in [0.3, 0.4) is 0 Å². The molecular weight excluding hydrogens is 348 g/mol. The smallest absolute Gasteiger partial charge is 0.0330 e. The molecule has 0 radical (unpaired) electrons. The van der Waals surface area contributed by atoms with Gasteiger partial charge < -0.3 is 0 Å². The highest BCUT2D eigenvalue weighted by Crippen LogP contribution is 2.22. The quantitative estimate of drug-likeness (QED) is 0.336. The van der Waals surface area contributed by atoms with Crippen LogP contribution in [0.4, 0.5) is 0 Å². The zero-order valence-corrected chi connectivity index (χ0v) is 17.6. The van der Waals surface area contributed by atoms with Gasteiger partial charge in [-0.3, -0.25) is 0 Å². The molecule has 142 valence electrons. The highest BCUT2D eigenvalue weighted by Gasteiger charge is 2.12. The molecule has 0 aliphatic heterocycles. The third-order valence-corrected chi connectivity index (χ3v) is 4.75. The number of hydrogen-bond donors (Lipinski definition) is 0. The molecule has 3 aromatic rings. The molecular formula is C29H26. The van der Waals surface area contributed by atoms with Gasteiger partial charge in [0, 0.05) is 11.1 Å². The van der Waals surface area contributed by atoms with Gasteiger partial charge in [0.05, 0.1) is 0 Å². The molecule has 29 heavy (non-hydrogen) atoms.